The lowest BCUT2D eigenvalue weighted by molar-refractivity contribution is -0.384. The number of alkyl halides is 3. The molecular formula is C23H19F3N4O4. The highest BCUT2D eigenvalue weighted by Crippen LogP contribution is 2.34. The third-order valence-corrected chi connectivity index (χ3v) is 4.51. The fraction of sp³-hybridized carbons (Fsp3) is 0.130. The molecule has 3 rings (SSSR count). The predicted molar refractivity (Wildman–Crippen MR) is 121 cm³/mol. The second-order valence-electron chi connectivity index (χ2n) is 7.13. The second-order valence-corrected chi connectivity index (χ2v) is 7.13. The maximum absolute atomic E-state index is 12.8. The number of aryl methyl sites for hydroxylation is 1. The van der Waals surface area contributed by atoms with Gasteiger partial charge in [-0.2, -0.15) is 18.3 Å². The number of ether oxygens (including phenoxy) is 1. The Balaban J connectivity index is 1.55. The summed E-state index contributed by atoms with van der Waals surface area (Å²) in [6.07, 6.45) is -3.37. The van der Waals surface area contributed by atoms with Crippen LogP contribution in [0.5, 0.6) is 5.75 Å². The van der Waals surface area contributed by atoms with Crippen molar-refractivity contribution in [3.05, 3.63) is 93.5 Å². The van der Waals surface area contributed by atoms with E-state index in [1.165, 1.54) is 6.21 Å². The van der Waals surface area contributed by atoms with Crippen molar-refractivity contribution in [3.63, 3.8) is 0 Å². The molecule has 2 N–H and O–H groups in total. The molecule has 0 aliphatic heterocycles. The molecule has 0 aliphatic carbocycles. The summed E-state index contributed by atoms with van der Waals surface area (Å²) in [4.78, 5) is 22.2. The Morgan fingerprint density at radius 2 is 1.76 bits per heavy atom. The van der Waals surface area contributed by atoms with E-state index in [4.69, 9.17) is 4.74 Å². The average molecular weight is 472 g/mol. The lowest BCUT2D eigenvalue weighted by Gasteiger charge is -2.08. The van der Waals surface area contributed by atoms with Crippen LogP contribution in [-0.2, 0) is 11.0 Å². The number of halogens is 3. The van der Waals surface area contributed by atoms with E-state index in [2.05, 4.69) is 15.8 Å². The van der Waals surface area contributed by atoms with Gasteiger partial charge in [-0.25, -0.2) is 0 Å². The van der Waals surface area contributed by atoms with Gasteiger partial charge in [0.2, 0.25) is 0 Å². The summed E-state index contributed by atoms with van der Waals surface area (Å²) >= 11 is 0. The standard InChI is InChI=1S/C23H19F3N4O4/c1-15-2-7-18(8-3-15)28-22(31)14-34-19-9-4-16(5-10-19)13-27-29-20-11-6-17(23(24,25)26)12-21(20)30(32)33/h2-13,29H,14H2,1H3,(H,28,31)/b27-13-. The minimum absolute atomic E-state index is 0.186. The molecule has 11 heteroatoms. The number of hydrazone groups is 1. The molecule has 0 saturated heterocycles. The van der Waals surface area contributed by atoms with E-state index in [-0.39, 0.29) is 18.2 Å². The number of hydrogen-bond acceptors (Lipinski definition) is 6. The number of rotatable bonds is 8. The zero-order valence-corrected chi connectivity index (χ0v) is 17.8. The van der Waals surface area contributed by atoms with E-state index in [0.717, 1.165) is 17.7 Å². The number of benzene rings is 3. The summed E-state index contributed by atoms with van der Waals surface area (Å²) in [5, 5.41) is 17.7. The average Bonchev–Trinajstić information content (AvgIpc) is 2.79. The summed E-state index contributed by atoms with van der Waals surface area (Å²) in [6.45, 7) is 1.75. The van der Waals surface area contributed by atoms with Crippen LogP contribution in [0.15, 0.2) is 71.8 Å². The van der Waals surface area contributed by atoms with Crippen LogP contribution in [0.3, 0.4) is 0 Å². The molecule has 0 aliphatic rings. The van der Waals surface area contributed by atoms with Gasteiger partial charge in [0.1, 0.15) is 11.4 Å². The smallest absolute Gasteiger partial charge is 0.416 e. The van der Waals surface area contributed by atoms with Gasteiger partial charge in [0, 0.05) is 11.8 Å². The topological polar surface area (TPSA) is 106 Å². The summed E-state index contributed by atoms with van der Waals surface area (Å²) in [5.41, 5.74) is 2.63. The first-order chi connectivity index (χ1) is 16.1. The van der Waals surface area contributed by atoms with E-state index in [1.807, 2.05) is 19.1 Å². The van der Waals surface area contributed by atoms with Crippen LogP contribution >= 0.6 is 0 Å². The third-order valence-electron chi connectivity index (χ3n) is 4.51. The van der Waals surface area contributed by atoms with Crippen molar-refractivity contribution in [1.82, 2.24) is 0 Å². The molecule has 0 heterocycles. The van der Waals surface area contributed by atoms with Crippen molar-refractivity contribution in [3.8, 4) is 5.75 Å². The summed E-state index contributed by atoms with van der Waals surface area (Å²) in [5.74, 6) is 0.111. The fourth-order valence-corrected chi connectivity index (χ4v) is 2.76. The van der Waals surface area contributed by atoms with E-state index in [0.29, 0.717) is 23.1 Å². The Morgan fingerprint density at radius 3 is 2.38 bits per heavy atom. The molecule has 0 fully saturated rings. The van der Waals surface area contributed by atoms with Crippen molar-refractivity contribution in [2.75, 3.05) is 17.3 Å². The van der Waals surface area contributed by atoms with Crippen LogP contribution in [0.1, 0.15) is 16.7 Å². The van der Waals surface area contributed by atoms with Crippen LogP contribution < -0.4 is 15.5 Å². The summed E-state index contributed by atoms with van der Waals surface area (Å²) in [6, 6.07) is 15.9. The summed E-state index contributed by atoms with van der Waals surface area (Å²) < 4.78 is 43.8. The largest absolute Gasteiger partial charge is 0.484 e. The van der Waals surface area contributed by atoms with Gasteiger partial charge in [-0.3, -0.25) is 20.3 Å². The lowest BCUT2D eigenvalue weighted by atomic mass is 10.1. The summed E-state index contributed by atoms with van der Waals surface area (Å²) in [7, 11) is 0. The van der Waals surface area contributed by atoms with Crippen molar-refractivity contribution in [2.45, 2.75) is 13.1 Å². The number of nitro benzene ring substituents is 1. The van der Waals surface area contributed by atoms with Crippen LogP contribution in [0.4, 0.5) is 30.2 Å². The maximum Gasteiger partial charge on any atom is 0.416 e. The van der Waals surface area contributed by atoms with Gasteiger partial charge in [0.05, 0.1) is 16.7 Å². The van der Waals surface area contributed by atoms with Crippen LogP contribution in [-0.4, -0.2) is 23.7 Å². The highest BCUT2D eigenvalue weighted by Gasteiger charge is 2.33. The maximum atomic E-state index is 12.8. The van der Waals surface area contributed by atoms with Crippen molar-refractivity contribution in [1.29, 1.82) is 0 Å². The van der Waals surface area contributed by atoms with Gasteiger partial charge in [-0.15, -0.1) is 0 Å². The zero-order chi connectivity index (χ0) is 24.7. The molecule has 0 bridgehead atoms. The minimum atomic E-state index is -4.70. The Hall–Kier alpha value is -4.41. The Morgan fingerprint density at radius 1 is 1.09 bits per heavy atom. The van der Waals surface area contributed by atoms with Gasteiger partial charge in [0.15, 0.2) is 6.61 Å². The van der Waals surface area contributed by atoms with Gasteiger partial charge in [-0.1, -0.05) is 17.7 Å². The third kappa shape index (κ3) is 6.79. The lowest BCUT2D eigenvalue weighted by Crippen LogP contribution is -2.20. The van der Waals surface area contributed by atoms with Crippen molar-refractivity contribution >= 4 is 29.2 Å². The van der Waals surface area contributed by atoms with Gasteiger partial charge in [-0.05, 0) is 61.0 Å². The number of amides is 1. The first-order valence-electron chi connectivity index (χ1n) is 9.86. The molecule has 0 radical (unpaired) electrons. The number of anilines is 2. The molecule has 0 saturated carbocycles. The fourth-order valence-electron chi connectivity index (χ4n) is 2.76. The van der Waals surface area contributed by atoms with Crippen LogP contribution in [0.2, 0.25) is 0 Å². The number of carbonyl (C=O) groups excluding carboxylic acids is 1. The van der Waals surface area contributed by atoms with Crippen LogP contribution in [0, 0.1) is 17.0 Å². The van der Waals surface area contributed by atoms with Crippen LogP contribution in [0.25, 0.3) is 0 Å². The number of nitro groups is 1. The Labute approximate surface area is 192 Å². The molecule has 8 nitrogen and oxygen atoms in total. The molecule has 0 aromatic heterocycles. The SMILES string of the molecule is Cc1ccc(NC(=O)COc2ccc(/C=N\Nc3ccc(C(F)(F)F)cc3[N+](=O)[O-])cc2)cc1. The van der Waals surface area contributed by atoms with E-state index >= 15 is 0 Å². The Bertz CT molecular complexity index is 1190. The number of nitrogens with zero attached hydrogens (tertiary/aromatic N) is 2. The molecule has 34 heavy (non-hydrogen) atoms. The van der Waals surface area contributed by atoms with Crippen molar-refractivity contribution < 1.29 is 27.6 Å². The monoisotopic (exact) mass is 472 g/mol. The van der Waals surface area contributed by atoms with Crippen molar-refractivity contribution in [2.24, 2.45) is 5.10 Å². The Kier molecular flexibility index (Phi) is 7.46. The quantitative estimate of drug-likeness (QED) is 0.260. The van der Waals surface area contributed by atoms with Gasteiger partial charge >= 0.3 is 6.18 Å². The molecule has 3 aromatic rings. The zero-order valence-electron chi connectivity index (χ0n) is 17.8. The highest BCUT2D eigenvalue weighted by molar-refractivity contribution is 5.91. The van der Waals surface area contributed by atoms with E-state index in [9.17, 15) is 28.1 Å². The molecular weight excluding hydrogens is 453 g/mol. The number of hydrogen-bond donors (Lipinski definition) is 2. The number of nitrogens with one attached hydrogen (secondary N) is 2. The predicted octanol–water partition coefficient (Wildman–Crippen LogP) is 5.39. The minimum Gasteiger partial charge on any atom is -0.484 e. The normalized spacial score (nSPS) is 11.3. The molecule has 0 spiro atoms. The van der Waals surface area contributed by atoms with E-state index < -0.39 is 22.4 Å². The molecule has 1 amide bonds. The first-order valence-corrected chi connectivity index (χ1v) is 9.86. The molecule has 0 unspecified atom stereocenters. The molecule has 0 atom stereocenters. The van der Waals surface area contributed by atoms with Gasteiger partial charge in [0.25, 0.3) is 11.6 Å². The second kappa shape index (κ2) is 10.5. The molecule has 176 valence electrons. The van der Waals surface area contributed by atoms with Gasteiger partial charge < -0.3 is 10.1 Å². The van der Waals surface area contributed by atoms with E-state index in [1.54, 1.807) is 36.4 Å². The first kappa shape index (κ1) is 24.2. The molecule has 3 aromatic carbocycles. The highest BCUT2D eigenvalue weighted by atomic mass is 19.4. The number of carbonyl (C=O) groups is 1.